The topological polar surface area (TPSA) is 62.4 Å². The largest absolute Gasteiger partial charge is 0.461 e. The molecular weight excluding hydrogens is 244 g/mol. The quantitative estimate of drug-likeness (QED) is 0.850. The zero-order chi connectivity index (χ0) is 14.0. The van der Waals surface area contributed by atoms with Crippen LogP contribution in [0.25, 0.3) is 0 Å². The number of amides is 1. The second-order valence-corrected chi connectivity index (χ2v) is 4.84. The Morgan fingerprint density at radius 2 is 1.89 bits per heavy atom. The number of rotatable bonds is 3. The van der Waals surface area contributed by atoms with Gasteiger partial charge in [-0.15, -0.1) is 0 Å². The first kappa shape index (κ1) is 13.6. The third kappa shape index (κ3) is 2.50. The van der Waals surface area contributed by atoms with Crippen LogP contribution in [-0.2, 0) is 4.74 Å². The van der Waals surface area contributed by atoms with Crippen LogP contribution in [0, 0.1) is 13.8 Å². The molecule has 1 aliphatic rings. The van der Waals surface area contributed by atoms with E-state index in [0.29, 0.717) is 23.4 Å². The van der Waals surface area contributed by atoms with E-state index in [2.05, 4.69) is 4.98 Å². The number of carbonyl (C=O) groups excluding carboxylic acids is 2. The van der Waals surface area contributed by atoms with E-state index in [1.165, 1.54) is 0 Å². The molecule has 1 aromatic heterocycles. The number of aromatic nitrogens is 1. The average Bonchev–Trinajstić information content (AvgIpc) is 2.97. The third-order valence-corrected chi connectivity index (χ3v) is 3.52. The Kier molecular flexibility index (Phi) is 3.93. The zero-order valence-corrected chi connectivity index (χ0v) is 11.7. The van der Waals surface area contributed by atoms with E-state index >= 15 is 0 Å². The molecule has 0 aliphatic carbocycles. The summed E-state index contributed by atoms with van der Waals surface area (Å²) in [6.07, 6.45) is 2.11. The van der Waals surface area contributed by atoms with Gasteiger partial charge in [0.15, 0.2) is 0 Å². The van der Waals surface area contributed by atoms with Crippen LogP contribution >= 0.6 is 0 Å². The normalized spacial score (nSPS) is 14.8. The van der Waals surface area contributed by atoms with E-state index in [1.54, 1.807) is 13.8 Å². The standard InChI is InChI=1S/C14H20N2O3/c1-4-19-14(18)12-9(2)11(10(3)15-12)13(17)16-7-5-6-8-16/h15H,4-8H2,1-3H3. The molecule has 1 saturated heterocycles. The maximum absolute atomic E-state index is 12.4. The molecule has 0 unspecified atom stereocenters. The van der Waals surface area contributed by atoms with Crippen molar-refractivity contribution in [3.8, 4) is 0 Å². The van der Waals surface area contributed by atoms with Crippen LogP contribution in [-0.4, -0.2) is 41.5 Å². The van der Waals surface area contributed by atoms with Gasteiger partial charge in [-0.1, -0.05) is 0 Å². The van der Waals surface area contributed by atoms with Crippen molar-refractivity contribution in [1.82, 2.24) is 9.88 Å². The molecule has 0 aromatic carbocycles. The number of hydrogen-bond acceptors (Lipinski definition) is 3. The van der Waals surface area contributed by atoms with Crippen LogP contribution in [0.2, 0.25) is 0 Å². The van der Waals surface area contributed by atoms with E-state index in [1.807, 2.05) is 11.8 Å². The van der Waals surface area contributed by atoms with Gasteiger partial charge in [-0.2, -0.15) is 0 Å². The number of ether oxygens (including phenoxy) is 1. The molecule has 0 atom stereocenters. The van der Waals surface area contributed by atoms with Crippen LogP contribution in [0.4, 0.5) is 0 Å². The molecule has 1 amide bonds. The summed E-state index contributed by atoms with van der Waals surface area (Å²) in [5.74, 6) is -0.386. The monoisotopic (exact) mass is 264 g/mol. The SMILES string of the molecule is CCOC(=O)c1[nH]c(C)c(C(=O)N2CCCC2)c1C. The second-order valence-electron chi connectivity index (χ2n) is 4.84. The fourth-order valence-corrected chi connectivity index (χ4v) is 2.56. The minimum atomic E-state index is -0.399. The summed E-state index contributed by atoms with van der Waals surface area (Å²) in [6, 6.07) is 0. The van der Waals surface area contributed by atoms with Gasteiger partial charge in [0.25, 0.3) is 5.91 Å². The molecule has 1 aromatic rings. The highest BCUT2D eigenvalue weighted by Gasteiger charge is 2.27. The average molecular weight is 264 g/mol. The van der Waals surface area contributed by atoms with Gasteiger partial charge in [-0.05, 0) is 39.2 Å². The number of hydrogen-bond donors (Lipinski definition) is 1. The minimum absolute atomic E-state index is 0.0132. The summed E-state index contributed by atoms with van der Waals surface area (Å²) in [6.45, 7) is 7.30. The Morgan fingerprint density at radius 3 is 2.47 bits per heavy atom. The summed E-state index contributed by atoms with van der Waals surface area (Å²) in [5, 5.41) is 0. The summed E-state index contributed by atoms with van der Waals surface area (Å²) < 4.78 is 4.99. The van der Waals surface area contributed by atoms with Gasteiger partial charge in [-0.3, -0.25) is 4.79 Å². The van der Waals surface area contributed by atoms with Crippen LogP contribution in [0.15, 0.2) is 0 Å². The highest BCUT2D eigenvalue weighted by atomic mass is 16.5. The molecule has 0 bridgehead atoms. The van der Waals surface area contributed by atoms with Gasteiger partial charge >= 0.3 is 5.97 Å². The van der Waals surface area contributed by atoms with Crippen LogP contribution < -0.4 is 0 Å². The van der Waals surface area contributed by atoms with Gasteiger partial charge in [0.05, 0.1) is 12.2 Å². The number of nitrogens with zero attached hydrogens (tertiary/aromatic N) is 1. The number of likely N-dealkylation sites (tertiary alicyclic amines) is 1. The predicted octanol–water partition coefficient (Wildman–Crippen LogP) is 2.04. The van der Waals surface area contributed by atoms with Crippen molar-refractivity contribution in [2.75, 3.05) is 19.7 Å². The lowest BCUT2D eigenvalue weighted by Gasteiger charge is -2.15. The Bertz CT molecular complexity index is 499. The molecule has 1 aliphatic heterocycles. The fraction of sp³-hybridized carbons (Fsp3) is 0.571. The van der Waals surface area contributed by atoms with Crippen LogP contribution in [0.5, 0.6) is 0 Å². The van der Waals surface area contributed by atoms with Crippen molar-refractivity contribution in [1.29, 1.82) is 0 Å². The summed E-state index contributed by atoms with van der Waals surface area (Å²) in [4.78, 5) is 29.1. The Balaban J connectivity index is 2.30. The molecule has 5 heteroatoms. The molecule has 2 heterocycles. The summed E-state index contributed by atoms with van der Waals surface area (Å²) in [7, 11) is 0. The highest BCUT2D eigenvalue weighted by Crippen LogP contribution is 2.22. The molecule has 1 N–H and O–H groups in total. The number of esters is 1. The fourth-order valence-electron chi connectivity index (χ4n) is 2.56. The molecule has 104 valence electrons. The molecule has 2 rings (SSSR count). The molecule has 0 spiro atoms. The van der Waals surface area contributed by atoms with E-state index in [0.717, 1.165) is 31.6 Å². The number of nitrogens with one attached hydrogen (secondary N) is 1. The predicted molar refractivity (Wildman–Crippen MR) is 71.4 cm³/mol. The van der Waals surface area contributed by atoms with E-state index in [4.69, 9.17) is 4.74 Å². The molecular formula is C14H20N2O3. The number of H-pyrrole nitrogens is 1. The molecule has 19 heavy (non-hydrogen) atoms. The third-order valence-electron chi connectivity index (χ3n) is 3.52. The van der Waals surface area contributed by atoms with E-state index in [9.17, 15) is 9.59 Å². The lowest BCUT2D eigenvalue weighted by Crippen LogP contribution is -2.28. The highest BCUT2D eigenvalue weighted by molar-refractivity contribution is 6.01. The van der Waals surface area contributed by atoms with Gasteiger partial charge < -0.3 is 14.6 Å². The van der Waals surface area contributed by atoms with Crippen molar-refractivity contribution in [2.24, 2.45) is 0 Å². The smallest absolute Gasteiger partial charge is 0.355 e. The Labute approximate surface area is 112 Å². The molecule has 0 saturated carbocycles. The van der Waals surface area contributed by atoms with Crippen molar-refractivity contribution >= 4 is 11.9 Å². The second kappa shape index (κ2) is 5.47. The minimum Gasteiger partial charge on any atom is -0.461 e. The molecule has 0 radical (unpaired) electrons. The van der Waals surface area contributed by atoms with Crippen LogP contribution in [0.3, 0.4) is 0 Å². The number of carbonyl (C=O) groups is 2. The van der Waals surface area contributed by atoms with Crippen LogP contribution in [0.1, 0.15) is 51.9 Å². The summed E-state index contributed by atoms with van der Waals surface area (Å²) in [5.41, 5.74) is 2.43. The van der Waals surface area contributed by atoms with Crippen molar-refractivity contribution < 1.29 is 14.3 Å². The lowest BCUT2D eigenvalue weighted by atomic mass is 10.1. The van der Waals surface area contributed by atoms with Crippen molar-refractivity contribution in [2.45, 2.75) is 33.6 Å². The van der Waals surface area contributed by atoms with Crippen molar-refractivity contribution in [3.63, 3.8) is 0 Å². The van der Waals surface area contributed by atoms with E-state index < -0.39 is 5.97 Å². The number of aromatic amines is 1. The lowest BCUT2D eigenvalue weighted by molar-refractivity contribution is 0.0519. The van der Waals surface area contributed by atoms with Gasteiger partial charge in [0.2, 0.25) is 0 Å². The van der Waals surface area contributed by atoms with Gasteiger partial charge in [0.1, 0.15) is 5.69 Å². The zero-order valence-electron chi connectivity index (χ0n) is 11.7. The van der Waals surface area contributed by atoms with Gasteiger partial charge in [0, 0.05) is 18.8 Å². The Hall–Kier alpha value is -1.78. The van der Waals surface area contributed by atoms with E-state index in [-0.39, 0.29) is 5.91 Å². The maximum atomic E-state index is 12.4. The maximum Gasteiger partial charge on any atom is 0.355 e. The number of aryl methyl sites for hydroxylation is 1. The summed E-state index contributed by atoms with van der Waals surface area (Å²) >= 11 is 0. The van der Waals surface area contributed by atoms with Crippen molar-refractivity contribution in [3.05, 3.63) is 22.5 Å². The Morgan fingerprint density at radius 1 is 1.26 bits per heavy atom. The first-order chi connectivity index (χ1) is 9.06. The van der Waals surface area contributed by atoms with Gasteiger partial charge in [-0.25, -0.2) is 4.79 Å². The first-order valence-electron chi connectivity index (χ1n) is 6.71. The first-order valence-corrected chi connectivity index (χ1v) is 6.71. The molecule has 5 nitrogen and oxygen atoms in total. The molecule has 1 fully saturated rings.